The zero-order valence-electron chi connectivity index (χ0n) is 17.7. The largest absolute Gasteiger partial charge is 0.444 e. The van der Waals surface area contributed by atoms with Crippen molar-refractivity contribution in [1.29, 1.82) is 0 Å². The first-order valence-corrected chi connectivity index (χ1v) is 10.4. The van der Waals surface area contributed by atoms with Gasteiger partial charge in [-0.2, -0.15) is 0 Å². The number of alkyl carbamates (subject to hydrolysis) is 1. The average Bonchev–Trinajstić information content (AvgIpc) is 2.58. The fourth-order valence-corrected chi connectivity index (χ4v) is 4.26. The molecule has 1 saturated heterocycles. The second kappa shape index (κ2) is 8.80. The van der Waals surface area contributed by atoms with Crippen LogP contribution in [0.15, 0.2) is 0 Å². The van der Waals surface area contributed by atoms with E-state index >= 15 is 0 Å². The summed E-state index contributed by atoms with van der Waals surface area (Å²) in [5, 5.41) is 12.6. The summed E-state index contributed by atoms with van der Waals surface area (Å²) in [6.07, 6.45) is 4.70. The lowest BCUT2D eigenvalue weighted by molar-refractivity contribution is -0.146. The van der Waals surface area contributed by atoms with Crippen LogP contribution in [0.3, 0.4) is 0 Å². The quantitative estimate of drug-likeness (QED) is 0.782. The molecule has 1 saturated carbocycles. The first-order valence-electron chi connectivity index (χ1n) is 10.4. The molecule has 0 aromatic rings. The molecule has 2 N–H and O–H groups in total. The van der Waals surface area contributed by atoms with Gasteiger partial charge in [0, 0.05) is 25.0 Å². The zero-order chi connectivity index (χ0) is 20.2. The van der Waals surface area contributed by atoms with E-state index in [1.165, 1.54) is 0 Å². The van der Waals surface area contributed by atoms with Crippen LogP contribution in [0.25, 0.3) is 0 Å². The van der Waals surface area contributed by atoms with Crippen molar-refractivity contribution in [3.8, 4) is 0 Å². The first-order chi connectivity index (χ1) is 12.5. The number of hydrogen-bond acceptors (Lipinski definition) is 4. The van der Waals surface area contributed by atoms with Gasteiger partial charge < -0.3 is 20.1 Å². The highest BCUT2D eigenvalue weighted by Crippen LogP contribution is 2.40. The summed E-state index contributed by atoms with van der Waals surface area (Å²) in [6.45, 7) is 11.8. The molecule has 6 heteroatoms. The van der Waals surface area contributed by atoms with Crippen LogP contribution >= 0.6 is 0 Å². The smallest absolute Gasteiger partial charge is 0.407 e. The normalized spacial score (nSPS) is 25.2. The molecule has 156 valence electrons. The van der Waals surface area contributed by atoms with E-state index in [1.807, 2.05) is 25.7 Å². The number of likely N-dealkylation sites (tertiary alicyclic amines) is 1. The Bertz CT molecular complexity index is 511. The highest BCUT2D eigenvalue weighted by Gasteiger charge is 2.41. The Morgan fingerprint density at radius 3 is 2.07 bits per heavy atom. The SMILES string of the molecule is CC(C)(C)OC(=O)NCC1CCN(C(=O)C(C)(C)C2CCC(O)CC2)CC1. The van der Waals surface area contributed by atoms with Crippen molar-refractivity contribution < 1.29 is 19.4 Å². The van der Waals surface area contributed by atoms with Gasteiger partial charge in [0.15, 0.2) is 0 Å². The molecule has 0 aromatic carbocycles. The lowest BCUT2D eigenvalue weighted by atomic mass is 9.69. The Morgan fingerprint density at radius 2 is 1.56 bits per heavy atom. The van der Waals surface area contributed by atoms with Crippen molar-refractivity contribution in [2.75, 3.05) is 19.6 Å². The fourth-order valence-electron chi connectivity index (χ4n) is 4.26. The van der Waals surface area contributed by atoms with Gasteiger partial charge in [-0.15, -0.1) is 0 Å². The lowest BCUT2D eigenvalue weighted by Crippen LogP contribution is -2.49. The van der Waals surface area contributed by atoms with Crippen LogP contribution in [0.5, 0.6) is 0 Å². The summed E-state index contributed by atoms with van der Waals surface area (Å²) in [4.78, 5) is 26.9. The molecule has 0 aromatic heterocycles. The van der Waals surface area contributed by atoms with Gasteiger partial charge in [-0.3, -0.25) is 4.79 Å². The molecule has 1 aliphatic carbocycles. The van der Waals surface area contributed by atoms with Crippen LogP contribution in [0.2, 0.25) is 0 Å². The molecule has 0 radical (unpaired) electrons. The molecule has 6 nitrogen and oxygen atoms in total. The lowest BCUT2D eigenvalue weighted by Gasteiger charge is -2.42. The number of aliphatic hydroxyl groups excluding tert-OH is 1. The summed E-state index contributed by atoms with van der Waals surface area (Å²) in [5.74, 6) is 0.969. The van der Waals surface area contributed by atoms with Crippen molar-refractivity contribution in [2.24, 2.45) is 17.3 Å². The summed E-state index contributed by atoms with van der Waals surface area (Å²) < 4.78 is 5.28. The number of amides is 2. The molecule has 2 aliphatic rings. The van der Waals surface area contributed by atoms with Gasteiger partial charge in [0.05, 0.1) is 6.10 Å². The summed E-state index contributed by atoms with van der Waals surface area (Å²) in [6, 6.07) is 0. The maximum absolute atomic E-state index is 13.1. The maximum atomic E-state index is 13.1. The van der Waals surface area contributed by atoms with Crippen LogP contribution < -0.4 is 5.32 Å². The van der Waals surface area contributed by atoms with E-state index < -0.39 is 5.60 Å². The van der Waals surface area contributed by atoms with Crippen LogP contribution in [-0.2, 0) is 9.53 Å². The van der Waals surface area contributed by atoms with Gasteiger partial charge in [0.2, 0.25) is 5.91 Å². The molecular weight excluding hydrogens is 344 g/mol. The number of piperidine rings is 1. The van der Waals surface area contributed by atoms with Crippen LogP contribution in [0.4, 0.5) is 4.79 Å². The van der Waals surface area contributed by atoms with E-state index in [2.05, 4.69) is 19.2 Å². The topological polar surface area (TPSA) is 78.9 Å². The van der Waals surface area contributed by atoms with E-state index in [9.17, 15) is 14.7 Å². The third-order valence-corrected chi connectivity index (χ3v) is 6.10. The molecule has 0 bridgehead atoms. The molecule has 0 spiro atoms. The highest BCUT2D eigenvalue weighted by molar-refractivity contribution is 5.82. The minimum absolute atomic E-state index is 0.194. The molecule has 2 fully saturated rings. The van der Waals surface area contributed by atoms with Crippen molar-refractivity contribution in [3.05, 3.63) is 0 Å². The van der Waals surface area contributed by atoms with Gasteiger partial charge in [0.25, 0.3) is 0 Å². The number of rotatable bonds is 4. The van der Waals surface area contributed by atoms with E-state index in [4.69, 9.17) is 4.74 Å². The van der Waals surface area contributed by atoms with Crippen molar-refractivity contribution >= 4 is 12.0 Å². The second-order valence-corrected chi connectivity index (χ2v) is 9.85. The predicted octanol–water partition coefficient (Wildman–Crippen LogP) is 3.33. The minimum Gasteiger partial charge on any atom is -0.444 e. The van der Waals surface area contributed by atoms with E-state index in [0.717, 1.165) is 51.6 Å². The number of nitrogens with one attached hydrogen (secondary N) is 1. The number of carbonyl (C=O) groups excluding carboxylic acids is 2. The first kappa shape index (κ1) is 22.0. The second-order valence-electron chi connectivity index (χ2n) is 9.85. The van der Waals surface area contributed by atoms with E-state index in [0.29, 0.717) is 18.4 Å². The highest BCUT2D eigenvalue weighted by atomic mass is 16.6. The monoisotopic (exact) mass is 382 g/mol. The summed E-state index contributed by atoms with van der Waals surface area (Å²) in [7, 11) is 0. The van der Waals surface area contributed by atoms with Gasteiger partial charge in [-0.25, -0.2) is 4.79 Å². The molecule has 1 aliphatic heterocycles. The molecule has 2 rings (SSSR count). The van der Waals surface area contributed by atoms with Crippen molar-refractivity contribution in [2.45, 2.75) is 84.8 Å². The number of carbonyl (C=O) groups is 2. The van der Waals surface area contributed by atoms with Crippen LogP contribution in [0.1, 0.15) is 73.1 Å². The average molecular weight is 383 g/mol. The molecule has 0 unspecified atom stereocenters. The molecular formula is C21H38N2O4. The standard InChI is InChI=1S/C21H38N2O4/c1-20(2,3)27-19(26)22-14-15-10-12-23(13-11-15)18(25)21(4,5)16-6-8-17(24)9-7-16/h15-17,24H,6-14H2,1-5H3,(H,22,26). The number of ether oxygens (including phenoxy) is 1. The van der Waals surface area contributed by atoms with Gasteiger partial charge in [-0.1, -0.05) is 13.8 Å². The van der Waals surface area contributed by atoms with Crippen LogP contribution in [0, 0.1) is 17.3 Å². The van der Waals surface area contributed by atoms with Crippen LogP contribution in [-0.4, -0.2) is 53.3 Å². The Morgan fingerprint density at radius 1 is 1.00 bits per heavy atom. The minimum atomic E-state index is -0.486. The van der Waals surface area contributed by atoms with Crippen molar-refractivity contribution in [1.82, 2.24) is 10.2 Å². The van der Waals surface area contributed by atoms with E-state index in [-0.39, 0.29) is 23.5 Å². The van der Waals surface area contributed by atoms with Gasteiger partial charge in [0.1, 0.15) is 5.60 Å². The molecule has 27 heavy (non-hydrogen) atoms. The summed E-state index contributed by atoms with van der Waals surface area (Å²) >= 11 is 0. The number of aliphatic hydroxyl groups is 1. The maximum Gasteiger partial charge on any atom is 0.407 e. The number of hydrogen-bond donors (Lipinski definition) is 2. The molecule has 1 heterocycles. The third kappa shape index (κ3) is 6.37. The fraction of sp³-hybridized carbons (Fsp3) is 0.905. The Hall–Kier alpha value is -1.30. The third-order valence-electron chi connectivity index (χ3n) is 6.10. The predicted molar refractivity (Wildman–Crippen MR) is 105 cm³/mol. The zero-order valence-corrected chi connectivity index (χ0v) is 17.7. The number of nitrogens with zero attached hydrogens (tertiary/aromatic N) is 1. The Kier molecular flexibility index (Phi) is 7.17. The molecule has 0 atom stereocenters. The Labute approximate surface area is 164 Å². The van der Waals surface area contributed by atoms with Gasteiger partial charge >= 0.3 is 6.09 Å². The Balaban J connectivity index is 1.77. The van der Waals surface area contributed by atoms with E-state index in [1.54, 1.807) is 0 Å². The van der Waals surface area contributed by atoms with Gasteiger partial charge in [-0.05, 0) is 71.1 Å². The van der Waals surface area contributed by atoms with Crippen molar-refractivity contribution in [3.63, 3.8) is 0 Å². The molecule has 2 amide bonds. The summed E-state index contributed by atoms with van der Waals surface area (Å²) in [5.41, 5.74) is -0.859.